The van der Waals surface area contributed by atoms with Crippen LogP contribution in [0, 0.1) is 0 Å². The summed E-state index contributed by atoms with van der Waals surface area (Å²) in [6.07, 6.45) is 5.02. The Balaban J connectivity index is 2.29. The number of nitrogens with one attached hydrogen (secondary N) is 1. The van der Waals surface area contributed by atoms with Crippen LogP contribution in [0.25, 0.3) is 5.69 Å². The van der Waals surface area contributed by atoms with E-state index in [1.165, 1.54) is 16.9 Å². The van der Waals surface area contributed by atoms with Crippen molar-refractivity contribution in [3.05, 3.63) is 48.0 Å². The second-order valence-corrected chi connectivity index (χ2v) is 4.95. The molecule has 19 heavy (non-hydrogen) atoms. The number of imidazole rings is 1. The number of hydrogen-bond donors (Lipinski definition) is 1. The van der Waals surface area contributed by atoms with E-state index >= 15 is 0 Å². The molecule has 1 unspecified atom stereocenters. The van der Waals surface area contributed by atoms with Gasteiger partial charge in [0.15, 0.2) is 0 Å². The van der Waals surface area contributed by atoms with E-state index in [1.807, 2.05) is 12.5 Å². The summed E-state index contributed by atoms with van der Waals surface area (Å²) in [6, 6.07) is 8.65. The topological polar surface area (TPSA) is 29.9 Å². The molecular weight excluding hydrogens is 234 g/mol. The minimum atomic E-state index is 0.528. The summed E-state index contributed by atoms with van der Waals surface area (Å²) >= 11 is 0. The molecule has 3 heteroatoms. The van der Waals surface area contributed by atoms with Crippen LogP contribution in [0.2, 0.25) is 0 Å². The molecule has 1 aromatic heterocycles. The molecule has 1 aromatic carbocycles. The summed E-state index contributed by atoms with van der Waals surface area (Å²) in [6.45, 7) is 8.49. The van der Waals surface area contributed by atoms with Crippen LogP contribution in [-0.2, 0) is 6.54 Å². The Morgan fingerprint density at radius 3 is 2.89 bits per heavy atom. The van der Waals surface area contributed by atoms with Crippen LogP contribution in [0.5, 0.6) is 0 Å². The summed E-state index contributed by atoms with van der Waals surface area (Å²) in [5.74, 6) is 0.528. The van der Waals surface area contributed by atoms with E-state index in [4.69, 9.17) is 0 Å². The van der Waals surface area contributed by atoms with E-state index in [0.717, 1.165) is 19.5 Å². The number of benzene rings is 1. The van der Waals surface area contributed by atoms with E-state index in [9.17, 15) is 0 Å². The summed E-state index contributed by atoms with van der Waals surface area (Å²) in [4.78, 5) is 4.31. The Labute approximate surface area is 115 Å². The molecule has 102 valence electrons. The molecule has 0 fully saturated rings. The van der Waals surface area contributed by atoms with E-state index in [0.29, 0.717) is 5.92 Å². The third-order valence-electron chi connectivity index (χ3n) is 3.55. The zero-order valence-electron chi connectivity index (χ0n) is 12.1. The highest BCUT2D eigenvalue weighted by Crippen LogP contribution is 2.22. The zero-order valence-corrected chi connectivity index (χ0v) is 12.1. The highest BCUT2D eigenvalue weighted by atomic mass is 15.1. The first-order chi connectivity index (χ1) is 9.26. The highest BCUT2D eigenvalue weighted by molar-refractivity contribution is 5.38. The maximum atomic E-state index is 4.31. The van der Waals surface area contributed by atoms with Crippen molar-refractivity contribution in [2.75, 3.05) is 6.54 Å². The van der Waals surface area contributed by atoms with Crippen LogP contribution >= 0.6 is 0 Å². The lowest BCUT2D eigenvalue weighted by molar-refractivity contribution is 0.688. The molecular formula is C16H23N3. The van der Waals surface area contributed by atoms with E-state index in [-0.39, 0.29) is 0 Å². The summed E-state index contributed by atoms with van der Waals surface area (Å²) in [5, 5.41) is 3.36. The normalized spacial score (nSPS) is 12.6. The molecule has 0 amide bonds. The molecule has 0 radical (unpaired) electrons. The van der Waals surface area contributed by atoms with Crippen LogP contribution < -0.4 is 5.32 Å². The van der Waals surface area contributed by atoms with Crippen LogP contribution in [0.15, 0.2) is 36.8 Å². The van der Waals surface area contributed by atoms with Gasteiger partial charge in [0.25, 0.3) is 0 Å². The van der Waals surface area contributed by atoms with Crippen molar-refractivity contribution in [2.45, 2.75) is 39.7 Å². The summed E-state index contributed by atoms with van der Waals surface area (Å²) in [5.41, 5.74) is 3.79. The lowest BCUT2D eigenvalue weighted by Gasteiger charge is -2.14. The van der Waals surface area contributed by atoms with Crippen molar-refractivity contribution >= 4 is 0 Å². The maximum absolute atomic E-state index is 4.31. The van der Waals surface area contributed by atoms with Gasteiger partial charge in [0.05, 0.1) is 6.33 Å². The smallest absolute Gasteiger partial charge is 0.0994 e. The molecule has 2 rings (SSSR count). The fourth-order valence-electron chi connectivity index (χ4n) is 2.18. The molecule has 0 aliphatic carbocycles. The van der Waals surface area contributed by atoms with Crippen molar-refractivity contribution in [3.8, 4) is 5.69 Å². The zero-order chi connectivity index (χ0) is 13.7. The molecule has 0 aliphatic rings. The van der Waals surface area contributed by atoms with Gasteiger partial charge in [-0.1, -0.05) is 32.9 Å². The summed E-state index contributed by atoms with van der Waals surface area (Å²) < 4.78 is 2.20. The van der Waals surface area contributed by atoms with Gasteiger partial charge in [0.1, 0.15) is 0 Å². The fourth-order valence-corrected chi connectivity index (χ4v) is 2.18. The van der Waals surface area contributed by atoms with E-state index in [2.05, 4.69) is 59.9 Å². The summed E-state index contributed by atoms with van der Waals surface area (Å²) in [7, 11) is 0. The Morgan fingerprint density at radius 2 is 2.16 bits per heavy atom. The molecule has 0 saturated heterocycles. The third-order valence-corrected chi connectivity index (χ3v) is 3.55. The number of rotatable bonds is 6. The Bertz CT molecular complexity index is 516. The average Bonchev–Trinajstić information content (AvgIpc) is 2.94. The Hall–Kier alpha value is -1.61. The first-order valence-corrected chi connectivity index (χ1v) is 7.08. The molecule has 0 spiro atoms. The second-order valence-electron chi connectivity index (χ2n) is 4.95. The van der Waals surface area contributed by atoms with Crippen molar-refractivity contribution in [3.63, 3.8) is 0 Å². The van der Waals surface area contributed by atoms with E-state index < -0.39 is 0 Å². The molecule has 1 atom stereocenters. The Morgan fingerprint density at radius 1 is 1.32 bits per heavy atom. The average molecular weight is 257 g/mol. The minimum absolute atomic E-state index is 0.528. The van der Waals surface area contributed by atoms with Crippen LogP contribution in [-0.4, -0.2) is 16.1 Å². The second kappa shape index (κ2) is 6.53. The van der Waals surface area contributed by atoms with E-state index in [1.54, 1.807) is 0 Å². The monoisotopic (exact) mass is 257 g/mol. The first kappa shape index (κ1) is 13.8. The number of hydrogen-bond acceptors (Lipinski definition) is 2. The van der Waals surface area contributed by atoms with Crippen LogP contribution in [0.3, 0.4) is 0 Å². The molecule has 1 heterocycles. The molecule has 0 bridgehead atoms. The van der Waals surface area contributed by atoms with Gasteiger partial charge in [-0.25, -0.2) is 4.98 Å². The van der Waals surface area contributed by atoms with Gasteiger partial charge in [-0.05, 0) is 36.6 Å². The van der Waals surface area contributed by atoms with Crippen LogP contribution in [0.4, 0.5) is 0 Å². The van der Waals surface area contributed by atoms with Gasteiger partial charge in [-0.3, -0.25) is 0 Å². The first-order valence-electron chi connectivity index (χ1n) is 7.08. The predicted molar refractivity (Wildman–Crippen MR) is 79.7 cm³/mol. The van der Waals surface area contributed by atoms with Crippen molar-refractivity contribution in [1.82, 2.24) is 14.9 Å². The maximum Gasteiger partial charge on any atom is 0.0994 e. The van der Waals surface area contributed by atoms with Crippen molar-refractivity contribution in [1.29, 1.82) is 0 Å². The van der Waals surface area contributed by atoms with Gasteiger partial charge in [-0.2, -0.15) is 0 Å². The standard InChI is InChI=1S/C16H23N3/c1-4-13(3)16-11-18-12-19(16)15-8-6-7-14(9-15)10-17-5-2/h6-9,11-13,17H,4-5,10H2,1-3H3. The number of aromatic nitrogens is 2. The molecule has 1 N–H and O–H groups in total. The largest absolute Gasteiger partial charge is 0.313 e. The number of nitrogens with zero attached hydrogens (tertiary/aromatic N) is 2. The quantitative estimate of drug-likeness (QED) is 0.858. The highest BCUT2D eigenvalue weighted by Gasteiger charge is 2.10. The van der Waals surface area contributed by atoms with Gasteiger partial charge in [0.2, 0.25) is 0 Å². The molecule has 3 nitrogen and oxygen atoms in total. The minimum Gasteiger partial charge on any atom is -0.313 e. The fraction of sp³-hybridized carbons (Fsp3) is 0.438. The van der Waals surface area contributed by atoms with Gasteiger partial charge in [0, 0.05) is 24.1 Å². The molecule has 0 aliphatic heterocycles. The Kier molecular flexibility index (Phi) is 4.74. The van der Waals surface area contributed by atoms with Crippen molar-refractivity contribution < 1.29 is 0 Å². The molecule has 0 saturated carbocycles. The lowest BCUT2D eigenvalue weighted by Crippen LogP contribution is -2.12. The predicted octanol–water partition coefficient (Wildman–Crippen LogP) is 3.50. The van der Waals surface area contributed by atoms with Gasteiger partial charge >= 0.3 is 0 Å². The molecule has 2 aromatic rings. The van der Waals surface area contributed by atoms with Crippen molar-refractivity contribution in [2.24, 2.45) is 0 Å². The SMILES string of the molecule is CCNCc1cccc(-n2cncc2C(C)CC)c1. The van der Waals surface area contributed by atoms with Gasteiger partial charge in [-0.15, -0.1) is 0 Å². The lowest BCUT2D eigenvalue weighted by atomic mass is 10.1. The van der Waals surface area contributed by atoms with Crippen LogP contribution in [0.1, 0.15) is 44.4 Å². The van der Waals surface area contributed by atoms with Gasteiger partial charge < -0.3 is 9.88 Å². The third kappa shape index (κ3) is 3.24.